The molecule has 3 amide bonds. The van der Waals surface area contributed by atoms with Gasteiger partial charge in [0.05, 0.1) is 4.90 Å². The van der Waals surface area contributed by atoms with Crippen LogP contribution in [0.1, 0.15) is 18.4 Å². The molecule has 0 aliphatic carbocycles. The zero-order valence-electron chi connectivity index (χ0n) is 15.9. The fourth-order valence-electron chi connectivity index (χ4n) is 3.27. The third-order valence-electron chi connectivity index (χ3n) is 4.72. The van der Waals surface area contributed by atoms with Gasteiger partial charge in [-0.05, 0) is 36.6 Å². The SMILES string of the molecule is NC(=O)NC(Cc1ccccc1)C(=O)Nc1cccc(S(=O)(=O)N2CCCC2)c1. The van der Waals surface area contributed by atoms with Crippen LogP contribution in [-0.4, -0.2) is 43.8 Å². The quantitative estimate of drug-likeness (QED) is 0.636. The molecule has 4 N–H and O–H groups in total. The van der Waals surface area contributed by atoms with Gasteiger partial charge in [0.1, 0.15) is 6.04 Å². The Labute approximate surface area is 170 Å². The van der Waals surface area contributed by atoms with E-state index < -0.39 is 28.0 Å². The van der Waals surface area contributed by atoms with Crippen LogP contribution in [0.5, 0.6) is 0 Å². The molecular weight excluding hydrogens is 392 g/mol. The molecule has 0 aromatic heterocycles. The van der Waals surface area contributed by atoms with Crippen molar-refractivity contribution in [2.75, 3.05) is 18.4 Å². The van der Waals surface area contributed by atoms with Crippen LogP contribution in [0, 0.1) is 0 Å². The first-order chi connectivity index (χ1) is 13.9. The molecule has 1 fully saturated rings. The molecule has 1 aliphatic heterocycles. The average molecular weight is 417 g/mol. The van der Waals surface area contributed by atoms with E-state index in [0.29, 0.717) is 18.8 Å². The highest BCUT2D eigenvalue weighted by molar-refractivity contribution is 7.89. The zero-order chi connectivity index (χ0) is 20.9. The lowest BCUT2D eigenvalue weighted by Gasteiger charge is -2.19. The topological polar surface area (TPSA) is 122 Å². The largest absolute Gasteiger partial charge is 0.352 e. The van der Waals surface area contributed by atoms with Crippen molar-refractivity contribution >= 4 is 27.6 Å². The molecule has 1 atom stereocenters. The first-order valence-electron chi connectivity index (χ1n) is 9.37. The molecule has 8 nitrogen and oxygen atoms in total. The lowest BCUT2D eigenvalue weighted by molar-refractivity contribution is -0.117. The molecule has 1 saturated heterocycles. The first kappa shape index (κ1) is 20.8. The standard InChI is InChI=1S/C20H24N4O4S/c21-20(26)23-18(13-15-7-2-1-3-8-15)19(25)22-16-9-6-10-17(14-16)29(27,28)24-11-4-5-12-24/h1-3,6-10,14,18H,4-5,11-13H2,(H,22,25)(H3,21,23,26). The highest BCUT2D eigenvalue weighted by atomic mass is 32.2. The molecule has 1 aliphatic rings. The molecule has 0 saturated carbocycles. The molecule has 2 aromatic carbocycles. The molecule has 29 heavy (non-hydrogen) atoms. The monoisotopic (exact) mass is 416 g/mol. The van der Waals surface area contributed by atoms with Crippen molar-refractivity contribution in [2.24, 2.45) is 5.73 Å². The first-order valence-corrected chi connectivity index (χ1v) is 10.8. The van der Waals surface area contributed by atoms with Gasteiger partial charge in [-0.15, -0.1) is 0 Å². The van der Waals surface area contributed by atoms with Gasteiger partial charge in [-0.2, -0.15) is 4.31 Å². The summed E-state index contributed by atoms with van der Waals surface area (Å²) in [5.74, 6) is -0.483. The van der Waals surface area contributed by atoms with Gasteiger partial charge in [-0.25, -0.2) is 13.2 Å². The number of carbonyl (C=O) groups is 2. The van der Waals surface area contributed by atoms with E-state index in [1.807, 2.05) is 30.3 Å². The molecule has 1 unspecified atom stereocenters. The number of urea groups is 1. The molecule has 0 bridgehead atoms. The summed E-state index contributed by atoms with van der Waals surface area (Å²) in [7, 11) is -3.59. The van der Waals surface area contributed by atoms with E-state index >= 15 is 0 Å². The van der Waals surface area contributed by atoms with Crippen molar-refractivity contribution in [2.45, 2.75) is 30.2 Å². The van der Waals surface area contributed by atoms with Crippen LogP contribution in [0.4, 0.5) is 10.5 Å². The maximum absolute atomic E-state index is 12.7. The van der Waals surface area contributed by atoms with E-state index in [4.69, 9.17) is 5.73 Å². The number of sulfonamides is 1. The van der Waals surface area contributed by atoms with E-state index in [2.05, 4.69) is 10.6 Å². The van der Waals surface area contributed by atoms with Crippen LogP contribution >= 0.6 is 0 Å². The molecule has 0 spiro atoms. The predicted molar refractivity (Wildman–Crippen MR) is 110 cm³/mol. The van der Waals surface area contributed by atoms with E-state index in [1.54, 1.807) is 12.1 Å². The Kier molecular flexibility index (Phi) is 6.50. The van der Waals surface area contributed by atoms with Gasteiger partial charge in [-0.1, -0.05) is 36.4 Å². The van der Waals surface area contributed by atoms with Crippen LogP contribution in [-0.2, 0) is 21.2 Å². The Morgan fingerprint density at radius 3 is 2.38 bits per heavy atom. The lowest BCUT2D eigenvalue weighted by atomic mass is 10.1. The lowest BCUT2D eigenvalue weighted by Crippen LogP contribution is -2.47. The average Bonchev–Trinajstić information content (AvgIpc) is 3.24. The van der Waals surface area contributed by atoms with Crippen molar-refractivity contribution < 1.29 is 18.0 Å². The molecule has 9 heteroatoms. The van der Waals surface area contributed by atoms with Crippen molar-refractivity contribution in [3.8, 4) is 0 Å². The van der Waals surface area contributed by atoms with Gasteiger partial charge in [0.25, 0.3) is 0 Å². The number of amides is 3. The summed E-state index contributed by atoms with van der Waals surface area (Å²) in [5, 5.41) is 5.12. The highest BCUT2D eigenvalue weighted by Gasteiger charge is 2.27. The second-order valence-electron chi connectivity index (χ2n) is 6.88. The smallest absolute Gasteiger partial charge is 0.312 e. The summed E-state index contributed by atoms with van der Waals surface area (Å²) in [6.45, 7) is 1.00. The molecular formula is C20H24N4O4S. The van der Waals surface area contributed by atoms with Crippen molar-refractivity contribution in [1.82, 2.24) is 9.62 Å². The van der Waals surface area contributed by atoms with E-state index in [1.165, 1.54) is 16.4 Å². The number of primary amides is 1. The minimum atomic E-state index is -3.59. The summed E-state index contributed by atoms with van der Waals surface area (Å²) in [6.07, 6.45) is 1.94. The van der Waals surface area contributed by atoms with Crippen LogP contribution in [0.2, 0.25) is 0 Å². The van der Waals surface area contributed by atoms with Crippen LogP contribution in [0.3, 0.4) is 0 Å². The second kappa shape index (κ2) is 9.06. The Morgan fingerprint density at radius 2 is 1.72 bits per heavy atom. The number of benzene rings is 2. The van der Waals surface area contributed by atoms with Gasteiger partial charge in [0.15, 0.2) is 0 Å². The summed E-state index contributed by atoms with van der Waals surface area (Å²) >= 11 is 0. The predicted octanol–water partition coefficient (Wildman–Crippen LogP) is 1.69. The number of carbonyl (C=O) groups excluding carboxylic acids is 2. The van der Waals surface area contributed by atoms with Gasteiger partial charge >= 0.3 is 6.03 Å². The van der Waals surface area contributed by atoms with Crippen LogP contribution in [0.25, 0.3) is 0 Å². The number of nitrogens with two attached hydrogens (primary N) is 1. The Balaban J connectivity index is 1.76. The Bertz CT molecular complexity index is 973. The third kappa shape index (κ3) is 5.33. The van der Waals surface area contributed by atoms with Crippen molar-refractivity contribution in [3.05, 3.63) is 60.2 Å². The minimum absolute atomic E-state index is 0.125. The number of hydrogen-bond donors (Lipinski definition) is 3. The molecule has 154 valence electrons. The number of rotatable bonds is 7. The van der Waals surface area contributed by atoms with Gasteiger partial charge < -0.3 is 16.4 Å². The fourth-order valence-corrected chi connectivity index (χ4v) is 4.84. The number of nitrogens with zero attached hydrogens (tertiary/aromatic N) is 1. The van der Waals surface area contributed by atoms with Crippen molar-refractivity contribution in [1.29, 1.82) is 0 Å². The summed E-state index contributed by atoms with van der Waals surface area (Å²) in [4.78, 5) is 24.2. The molecule has 2 aromatic rings. The molecule has 1 heterocycles. The second-order valence-corrected chi connectivity index (χ2v) is 8.82. The van der Waals surface area contributed by atoms with E-state index in [9.17, 15) is 18.0 Å². The molecule has 0 radical (unpaired) electrons. The summed E-state index contributed by atoms with van der Waals surface area (Å²) in [5.41, 5.74) is 6.40. The van der Waals surface area contributed by atoms with Gasteiger partial charge in [0, 0.05) is 25.2 Å². The zero-order valence-corrected chi connectivity index (χ0v) is 16.7. The van der Waals surface area contributed by atoms with Crippen molar-refractivity contribution in [3.63, 3.8) is 0 Å². The van der Waals surface area contributed by atoms with Crippen LogP contribution < -0.4 is 16.4 Å². The Morgan fingerprint density at radius 1 is 1.03 bits per heavy atom. The highest BCUT2D eigenvalue weighted by Crippen LogP contribution is 2.23. The Hall–Kier alpha value is -2.91. The van der Waals surface area contributed by atoms with E-state index in [0.717, 1.165) is 18.4 Å². The number of anilines is 1. The molecule has 3 rings (SSSR count). The number of hydrogen-bond acceptors (Lipinski definition) is 4. The fraction of sp³-hybridized carbons (Fsp3) is 0.300. The normalized spacial score (nSPS) is 15.6. The third-order valence-corrected chi connectivity index (χ3v) is 6.61. The summed E-state index contributed by atoms with van der Waals surface area (Å²) < 4.78 is 26.9. The van der Waals surface area contributed by atoms with E-state index in [-0.39, 0.29) is 11.3 Å². The van der Waals surface area contributed by atoms with Gasteiger partial charge in [0.2, 0.25) is 15.9 Å². The maximum Gasteiger partial charge on any atom is 0.312 e. The maximum atomic E-state index is 12.7. The summed E-state index contributed by atoms with van der Waals surface area (Å²) in [6, 6.07) is 13.6. The van der Waals surface area contributed by atoms with Gasteiger partial charge in [-0.3, -0.25) is 4.79 Å². The minimum Gasteiger partial charge on any atom is -0.352 e. The number of nitrogens with one attached hydrogen (secondary N) is 2. The van der Waals surface area contributed by atoms with Crippen LogP contribution in [0.15, 0.2) is 59.5 Å².